The molecule has 3 rings (SSSR count). The van der Waals surface area contributed by atoms with Crippen LogP contribution < -0.4 is 5.32 Å². The molecule has 0 saturated heterocycles. The molecule has 1 amide bonds. The van der Waals surface area contributed by atoms with Gasteiger partial charge in [0.1, 0.15) is 5.58 Å². The van der Waals surface area contributed by atoms with E-state index >= 15 is 0 Å². The standard InChI is InChI=1S/C22H20F3NO4/c1-12-8-16-15(11-29-19(16)9-13(12)2)10-20(27)30-14(3)21(28)26-18-7-5-4-6-17(18)22(23,24)25/h4-9,11,14H,10H2,1-3H3,(H,26,28)/t14-/m1/s1. The Balaban J connectivity index is 1.67. The topological polar surface area (TPSA) is 68.5 Å². The van der Waals surface area contributed by atoms with Gasteiger partial charge in [0, 0.05) is 10.9 Å². The number of hydrogen-bond acceptors (Lipinski definition) is 4. The molecule has 1 atom stereocenters. The monoisotopic (exact) mass is 419 g/mol. The number of anilines is 1. The van der Waals surface area contributed by atoms with Crippen LogP contribution in [0.25, 0.3) is 11.0 Å². The van der Waals surface area contributed by atoms with Crippen LogP contribution in [-0.4, -0.2) is 18.0 Å². The summed E-state index contributed by atoms with van der Waals surface area (Å²) in [5, 5.41) is 2.94. The molecule has 3 aromatic rings. The summed E-state index contributed by atoms with van der Waals surface area (Å²) in [6, 6.07) is 8.36. The minimum absolute atomic E-state index is 0.133. The van der Waals surface area contributed by atoms with Crippen molar-refractivity contribution in [3.63, 3.8) is 0 Å². The average molecular weight is 419 g/mol. The quantitative estimate of drug-likeness (QED) is 0.579. The normalized spacial score (nSPS) is 12.6. The number of para-hydroxylation sites is 1. The Morgan fingerprint density at radius 3 is 2.50 bits per heavy atom. The highest BCUT2D eigenvalue weighted by Crippen LogP contribution is 2.34. The van der Waals surface area contributed by atoms with Crippen LogP contribution >= 0.6 is 0 Å². The van der Waals surface area contributed by atoms with Crippen molar-refractivity contribution in [1.29, 1.82) is 0 Å². The van der Waals surface area contributed by atoms with Gasteiger partial charge >= 0.3 is 12.1 Å². The number of aryl methyl sites for hydroxylation is 2. The molecule has 0 spiro atoms. The molecule has 0 aliphatic carbocycles. The first kappa shape index (κ1) is 21.4. The number of amides is 1. The fourth-order valence-corrected chi connectivity index (χ4v) is 2.99. The zero-order chi connectivity index (χ0) is 22.1. The number of nitrogens with one attached hydrogen (secondary N) is 1. The molecule has 0 unspecified atom stereocenters. The summed E-state index contributed by atoms with van der Waals surface area (Å²) in [6.07, 6.45) is -4.58. The number of alkyl halides is 3. The van der Waals surface area contributed by atoms with E-state index in [4.69, 9.17) is 9.15 Å². The predicted octanol–water partition coefficient (Wildman–Crippen LogP) is 5.18. The van der Waals surface area contributed by atoms with Crippen LogP contribution in [0.2, 0.25) is 0 Å². The Hall–Kier alpha value is -3.29. The summed E-state index contributed by atoms with van der Waals surface area (Å²) >= 11 is 0. The molecule has 5 nitrogen and oxygen atoms in total. The molecule has 0 fully saturated rings. The molecule has 0 aliphatic rings. The first-order valence-electron chi connectivity index (χ1n) is 9.20. The highest BCUT2D eigenvalue weighted by Gasteiger charge is 2.34. The second-order valence-electron chi connectivity index (χ2n) is 7.04. The van der Waals surface area contributed by atoms with Crippen molar-refractivity contribution >= 4 is 28.5 Å². The number of halogens is 3. The van der Waals surface area contributed by atoms with Crippen LogP contribution in [-0.2, 0) is 26.9 Å². The molecule has 158 valence electrons. The van der Waals surface area contributed by atoms with Gasteiger partial charge in [-0.25, -0.2) is 0 Å². The van der Waals surface area contributed by atoms with Crippen LogP contribution in [0, 0.1) is 13.8 Å². The number of fused-ring (bicyclic) bond motifs is 1. The minimum Gasteiger partial charge on any atom is -0.464 e. The van der Waals surface area contributed by atoms with Crippen molar-refractivity contribution in [1.82, 2.24) is 0 Å². The van der Waals surface area contributed by atoms with Gasteiger partial charge in [0.15, 0.2) is 6.10 Å². The Labute approximate surface area is 170 Å². The molecule has 0 saturated carbocycles. The first-order chi connectivity index (χ1) is 14.1. The average Bonchev–Trinajstić information content (AvgIpc) is 3.03. The van der Waals surface area contributed by atoms with Gasteiger partial charge < -0.3 is 14.5 Å². The third-order valence-corrected chi connectivity index (χ3v) is 4.77. The van der Waals surface area contributed by atoms with Crippen molar-refractivity contribution < 1.29 is 31.9 Å². The number of carbonyl (C=O) groups is 2. The van der Waals surface area contributed by atoms with Crippen LogP contribution in [0.5, 0.6) is 0 Å². The van der Waals surface area contributed by atoms with Gasteiger partial charge in [0.25, 0.3) is 5.91 Å². The highest BCUT2D eigenvalue weighted by molar-refractivity contribution is 5.96. The zero-order valence-electron chi connectivity index (χ0n) is 16.6. The van der Waals surface area contributed by atoms with Crippen molar-refractivity contribution in [2.24, 2.45) is 0 Å². The third-order valence-electron chi connectivity index (χ3n) is 4.77. The van der Waals surface area contributed by atoms with Crippen molar-refractivity contribution in [3.8, 4) is 0 Å². The van der Waals surface area contributed by atoms with Gasteiger partial charge in [-0.1, -0.05) is 12.1 Å². The number of benzene rings is 2. The summed E-state index contributed by atoms with van der Waals surface area (Å²) in [6.45, 7) is 5.18. The Morgan fingerprint density at radius 1 is 1.13 bits per heavy atom. The van der Waals surface area contributed by atoms with Gasteiger partial charge in [0.05, 0.1) is 23.9 Å². The lowest BCUT2D eigenvalue weighted by Crippen LogP contribution is -2.31. The lowest BCUT2D eigenvalue weighted by atomic mass is 10.0. The zero-order valence-corrected chi connectivity index (χ0v) is 16.6. The number of esters is 1. The maximum atomic E-state index is 13.1. The van der Waals surface area contributed by atoms with Gasteiger partial charge in [-0.05, 0) is 56.2 Å². The Kier molecular flexibility index (Phi) is 5.87. The van der Waals surface area contributed by atoms with Crippen molar-refractivity contribution in [2.75, 3.05) is 5.32 Å². The van der Waals surface area contributed by atoms with Gasteiger partial charge in [-0.3, -0.25) is 9.59 Å². The van der Waals surface area contributed by atoms with Crippen LogP contribution in [0.4, 0.5) is 18.9 Å². The molecule has 30 heavy (non-hydrogen) atoms. The molecule has 1 N–H and O–H groups in total. The third kappa shape index (κ3) is 4.64. The maximum absolute atomic E-state index is 13.1. The molecule has 0 radical (unpaired) electrons. The molecular weight excluding hydrogens is 399 g/mol. The lowest BCUT2D eigenvalue weighted by Gasteiger charge is -2.16. The smallest absolute Gasteiger partial charge is 0.418 e. The van der Waals surface area contributed by atoms with Crippen molar-refractivity contribution in [3.05, 3.63) is 64.9 Å². The second kappa shape index (κ2) is 8.22. The minimum atomic E-state index is -4.62. The van der Waals surface area contributed by atoms with E-state index in [1.54, 1.807) is 0 Å². The fourth-order valence-electron chi connectivity index (χ4n) is 2.99. The number of ether oxygens (including phenoxy) is 1. The summed E-state index contributed by atoms with van der Waals surface area (Å²) < 4.78 is 49.8. The summed E-state index contributed by atoms with van der Waals surface area (Å²) in [5.41, 5.74) is 1.95. The molecule has 1 heterocycles. The molecule has 0 bridgehead atoms. The maximum Gasteiger partial charge on any atom is 0.418 e. The van der Waals surface area contributed by atoms with E-state index in [-0.39, 0.29) is 6.42 Å². The summed E-state index contributed by atoms with van der Waals surface area (Å²) in [4.78, 5) is 24.5. The predicted molar refractivity (Wildman–Crippen MR) is 105 cm³/mol. The SMILES string of the molecule is Cc1cc2occ(CC(=O)O[C@H](C)C(=O)Nc3ccccc3C(F)(F)F)c2cc1C. The van der Waals surface area contributed by atoms with E-state index in [1.165, 1.54) is 25.3 Å². The van der Waals surface area contributed by atoms with E-state index in [9.17, 15) is 22.8 Å². The molecular formula is C22H20F3NO4. The first-order valence-corrected chi connectivity index (χ1v) is 9.20. The fraction of sp³-hybridized carbons (Fsp3) is 0.273. The van der Waals surface area contributed by atoms with Crippen LogP contribution in [0.3, 0.4) is 0 Å². The van der Waals surface area contributed by atoms with E-state index in [2.05, 4.69) is 5.32 Å². The van der Waals surface area contributed by atoms with Gasteiger partial charge in [0.2, 0.25) is 0 Å². The number of rotatable bonds is 5. The number of carbonyl (C=O) groups excluding carboxylic acids is 2. The van der Waals surface area contributed by atoms with E-state index in [1.807, 2.05) is 26.0 Å². The van der Waals surface area contributed by atoms with E-state index in [0.717, 1.165) is 28.6 Å². The van der Waals surface area contributed by atoms with Crippen LogP contribution in [0.1, 0.15) is 29.2 Å². The summed E-state index contributed by atoms with van der Waals surface area (Å²) in [5.74, 6) is -1.55. The Morgan fingerprint density at radius 2 is 1.80 bits per heavy atom. The van der Waals surface area contributed by atoms with Gasteiger partial charge in [-0.2, -0.15) is 13.2 Å². The van der Waals surface area contributed by atoms with Crippen LogP contribution in [0.15, 0.2) is 47.1 Å². The molecule has 2 aromatic carbocycles. The molecule has 0 aliphatic heterocycles. The second-order valence-corrected chi connectivity index (χ2v) is 7.04. The highest BCUT2D eigenvalue weighted by atomic mass is 19.4. The largest absolute Gasteiger partial charge is 0.464 e. The van der Waals surface area contributed by atoms with Gasteiger partial charge in [-0.15, -0.1) is 0 Å². The molecule has 1 aromatic heterocycles. The molecule has 8 heteroatoms. The van der Waals surface area contributed by atoms with E-state index < -0.39 is 35.4 Å². The lowest BCUT2D eigenvalue weighted by molar-refractivity contribution is -0.152. The Bertz CT molecular complexity index is 1100. The number of furan rings is 1. The number of hydrogen-bond donors (Lipinski definition) is 1. The van der Waals surface area contributed by atoms with Crippen molar-refractivity contribution in [2.45, 2.75) is 39.5 Å². The summed E-state index contributed by atoms with van der Waals surface area (Å²) in [7, 11) is 0. The van der Waals surface area contributed by atoms with E-state index in [0.29, 0.717) is 11.1 Å².